The van der Waals surface area contributed by atoms with E-state index in [1.807, 2.05) is 24.3 Å². The first-order valence-electron chi connectivity index (χ1n) is 3.94. The number of hydrogen-bond donors (Lipinski definition) is 2. The standard InChI is InChI=1S/C9H8ClN3S/c10-6-3-1-5(2-4-6)7-8(11)13-9(12)14-7/h1-4H,11H2,(H2,12,13). The van der Waals surface area contributed by atoms with E-state index in [0.29, 0.717) is 16.0 Å². The molecule has 0 saturated heterocycles. The SMILES string of the molecule is Nc1nc(N)c(-c2ccc(Cl)cc2)s1. The van der Waals surface area contributed by atoms with Gasteiger partial charge in [0.2, 0.25) is 0 Å². The lowest BCUT2D eigenvalue weighted by atomic mass is 10.2. The summed E-state index contributed by atoms with van der Waals surface area (Å²) in [6.45, 7) is 0. The van der Waals surface area contributed by atoms with E-state index in [0.717, 1.165) is 10.4 Å². The first-order chi connectivity index (χ1) is 6.66. The molecule has 1 aromatic heterocycles. The minimum Gasteiger partial charge on any atom is -0.382 e. The second-order valence-electron chi connectivity index (χ2n) is 2.77. The molecule has 0 saturated carbocycles. The van der Waals surface area contributed by atoms with Crippen molar-refractivity contribution in [1.82, 2.24) is 4.98 Å². The lowest BCUT2D eigenvalue weighted by molar-refractivity contribution is 1.43. The zero-order valence-electron chi connectivity index (χ0n) is 7.20. The number of halogens is 1. The van der Waals surface area contributed by atoms with Crippen molar-refractivity contribution >= 4 is 33.9 Å². The Balaban J connectivity index is 2.49. The highest BCUT2D eigenvalue weighted by molar-refractivity contribution is 7.19. The maximum absolute atomic E-state index is 5.78. The van der Waals surface area contributed by atoms with Gasteiger partial charge in [-0.15, -0.1) is 0 Å². The molecule has 0 spiro atoms. The van der Waals surface area contributed by atoms with Crippen molar-refractivity contribution in [2.24, 2.45) is 0 Å². The zero-order valence-corrected chi connectivity index (χ0v) is 8.77. The van der Waals surface area contributed by atoms with Crippen LogP contribution in [0.1, 0.15) is 0 Å². The van der Waals surface area contributed by atoms with Gasteiger partial charge in [-0.25, -0.2) is 4.98 Å². The van der Waals surface area contributed by atoms with Crippen LogP contribution in [0.4, 0.5) is 10.9 Å². The van der Waals surface area contributed by atoms with Crippen LogP contribution in [0.25, 0.3) is 10.4 Å². The molecule has 0 fully saturated rings. The van der Waals surface area contributed by atoms with E-state index >= 15 is 0 Å². The topological polar surface area (TPSA) is 64.9 Å². The maximum atomic E-state index is 5.78. The zero-order chi connectivity index (χ0) is 10.1. The van der Waals surface area contributed by atoms with Crippen molar-refractivity contribution in [1.29, 1.82) is 0 Å². The molecule has 0 aliphatic carbocycles. The van der Waals surface area contributed by atoms with E-state index in [1.165, 1.54) is 11.3 Å². The summed E-state index contributed by atoms with van der Waals surface area (Å²) in [5, 5.41) is 1.18. The van der Waals surface area contributed by atoms with Crippen molar-refractivity contribution in [3.63, 3.8) is 0 Å². The van der Waals surface area contributed by atoms with Crippen LogP contribution < -0.4 is 11.5 Å². The molecule has 0 radical (unpaired) electrons. The maximum Gasteiger partial charge on any atom is 0.182 e. The second kappa shape index (κ2) is 3.48. The summed E-state index contributed by atoms with van der Waals surface area (Å²) in [4.78, 5) is 4.84. The normalized spacial score (nSPS) is 10.4. The number of hydrogen-bond acceptors (Lipinski definition) is 4. The van der Waals surface area contributed by atoms with Gasteiger partial charge in [0.25, 0.3) is 0 Å². The summed E-state index contributed by atoms with van der Waals surface area (Å²) in [5.74, 6) is 0.467. The second-order valence-corrected chi connectivity index (χ2v) is 4.24. The Labute approximate surface area is 90.3 Å². The highest BCUT2D eigenvalue weighted by Crippen LogP contribution is 2.33. The number of nitrogen functional groups attached to an aromatic ring is 2. The molecular weight excluding hydrogens is 218 g/mol. The minimum atomic E-state index is 0.467. The molecule has 0 aliphatic rings. The molecular formula is C9H8ClN3S. The number of thiazole rings is 1. The molecule has 14 heavy (non-hydrogen) atoms. The van der Waals surface area contributed by atoms with Crippen molar-refractivity contribution in [3.8, 4) is 10.4 Å². The number of nitrogens with zero attached hydrogens (tertiary/aromatic N) is 1. The van der Waals surface area contributed by atoms with Crippen LogP contribution in [0.15, 0.2) is 24.3 Å². The quantitative estimate of drug-likeness (QED) is 0.784. The van der Waals surface area contributed by atoms with Crippen LogP contribution in [0.5, 0.6) is 0 Å². The third kappa shape index (κ3) is 1.66. The first-order valence-corrected chi connectivity index (χ1v) is 5.14. The highest BCUT2D eigenvalue weighted by Gasteiger charge is 2.07. The molecule has 72 valence electrons. The summed E-state index contributed by atoms with van der Waals surface area (Å²) in [5.41, 5.74) is 12.2. The fourth-order valence-electron chi connectivity index (χ4n) is 1.16. The molecule has 4 N–H and O–H groups in total. The molecule has 3 nitrogen and oxygen atoms in total. The van der Waals surface area contributed by atoms with Gasteiger partial charge in [0, 0.05) is 5.02 Å². The number of anilines is 2. The van der Waals surface area contributed by atoms with Gasteiger partial charge in [-0.2, -0.15) is 0 Å². The van der Waals surface area contributed by atoms with E-state index in [1.54, 1.807) is 0 Å². The Hall–Kier alpha value is -1.26. The Kier molecular flexibility index (Phi) is 2.31. The van der Waals surface area contributed by atoms with E-state index in [2.05, 4.69) is 4.98 Å². The van der Waals surface area contributed by atoms with Crippen LogP contribution in [-0.2, 0) is 0 Å². The van der Waals surface area contributed by atoms with Crippen LogP contribution >= 0.6 is 22.9 Å². The fourth-order valence-corrected chi connectivity index (χ4v) is 2.04. The molecule has 1 aromatic carbocycles. The lowest BCUT2D eigenvalue weighted by Gasteiger charge is -1.97. The average molecular weight is 226 g/mol. The molecule has 0 bridgehead atoms. The van der Waals surface area contributed by atoms with Gasteiger partial charge in [-0.3, -0.25) is 0 Å². The monoisotopic (exact) mass is 225 g/mol. The Bertz CT molecular complexity index is 450. The van der Waals surface area contributed by atoms with Crippen LogP contribution in [0, 0.1) is 0 Å². The first kappa shape index (κ1) is 9.30. The lowest BCUT2D eigenvalue weighted by Crippen LogP contribution is -1.88. The Morgan fingerprint density at radius 3 is 2.29 bits per heavy atom. The van der Waals surface area contributed by atoms with Gasteiger partial charge in [0.05, 0.1) is 4.88 Å². The predicted molar refractivity (Wildman–Crippen MR) is 61.4 cm³/mol. The van der Waals surface area contributed by atoms with Crippen molar-refractivity contribution in [2.45, 2.75) is 0 Å². The third-order valence-electron chi connectivity index (χ3n) is 1.78. The average Bonchev–Trinajstić information content (AvgIpc) is 2.47. The fraction of sp³-hybridized carbons (Fsp3) is 0. The Morgan fingerprint density at radius 1 is 1.14 bits per heavy atom. The summed E-state index contributed by atoms with van der Waals surface area (Å²) < 4.78 is 0. The number of rotatable bonds is 1. The highest BCUT2D eigenvalue weighted by atomic mass is 35.5. The molecule has 2 aromatic rings. The van der Waals surface area contributed by atoms with E-state index in [4.69, 9.17) is 23.1 Å². The summed E-state index contributed by atoms with van der Waals surface area (Å²) in [6, 6.07) is 7.41. The summed E-state index contributed by atoms with van der Waals surface area (Å²) in [7, 11) is 0. The molecule has 5 heteroatoms. The Morgan fingerprint density at radius 2 is 1.79 bits per heavy atom. The number of aromatic nitrogens is 1. The number of nitrogens with two attached hydrogens (primary N) is 2. The number of benzene rings is 1. The summed E-state index contributed by atoms with van der Waals surface area (Å²) >= 11 is 7.15. The molecule has 0 unspecified atom stereocenters. The molecule has 0 atom stereocenters. The van der Waals surface area contributed by atoms with E-state index in [9.17, 15) is 0 Å². The molecule has 2 rings (SSSR count). The minimum absolute atomic E-state index is 0.467. The molecule has 0 aliphatic heterocycles. The van der Waals surface area contributed by atoms with Crippen LogP contribution in [-0.4, -0.2) is 4.98 Å². The smallest absolute Gasteiger partial charge is 0.182 e. The van der Waals surface area contributed by atoms with E-state index < -0.39 is 0 Å². The van der Waals surface area contributed by atoms with Gasteiger partial charge in [-0.05, 0) is 17.7 Å². The third-order valence-corrected chi connectivity index (χ3v) is 2.98. The van der Waals surface area contributed by atoms with Crippen molar-refractivity contribution < 1.29 is 0 Å². The summed E-state index contributed by atoms with van der Waals surface area (Å²) in [6.07, 6.45) is 0. The van der Waals surface area contributed by atoms with Gasteiger partial charge in [0.1, 0.15) is 5.82 Å². The molecule has 1 heterocycles. The van der Waals surface area contributed by atoms with Crippen LogP contribution in [0.2, 0.25) is 5.02 Å². The predicted octanol–water partition coefficient (Wildman–Crippen LogP) is 2.63. The largest absolute Gasteiger partial charge is 0.382 e. The van der Waals surface area contributed by atoms with Gasteiger partial charge in [0.15, 0.2) is 5.13 Å². The van der Waals surface area contributed by atoms with E-state index in [-0.39, 0.29) is 0 Å². The van der Waals surface area contributed by atoms with Gasteiger partial charge < -0.3 is 11.5 Å². The van der Waals surface area contributed by atoms with Crippen molar-refractivity contribution in [3.05, 3.63) is 29.3 Å². The van der Waals surface area contributed by atoms with Crippen LogP contribution in [0.3, 0.4) is 0 Å². The molecule has 0 amide bonds. The van der Waals surface area contributed by atoms with Crippen molar-refractivity contribution in [2.75, 3.05) is 11.5 Å². The van der Waals surface area contributed by atoms with Gasteiger partial charge in [-0.1, -0.05) is 35.1 Å². The van der Waals surface area contributed by atoms with Gasteiger partial charge >= 0.3 is 0 Å².